The van der Waals surface area contributed by atoms with Gasteiger partial charge in [-0.25, -0.2) is 0 Å². The van der Waals surface area contributed by atoms with Gasteiger partial charge in [-0.2, -0.15) is 0 Å². The van der Waals surface area contributed by atoms with Crippen molar-refractivity contribution in [2.24, 2.45) is 11.3 Å². The highest BCUT2D eigenvalue weighted by Crippen LogP contribution is 2.50. The van der Waals surface area contributed by atoms with E-state index in [1.54, 1.807) is 0 Å². The Balaban J connectivity index is 1.74. The van der Waals surface area contributed by atoms with Crippen LogP contribution >= 0.6 is 0 Å². The molecule has 0 radical (unpaired) electrons. The van der Waals surface area contributed by atoms with Crippen LogP contribution in [-0.4, -0.2) is 25.3 Å². The lowest BCUT2D eigenvalue weighted by Crippen LogP contribution is -2.53. The first-order valence-corrected chi connectivity index (χ1v) is 9.55. The standard InChI is InChI=1S/C19H35NO/c1-3-18(10-7-8-11-18)17(20-2)16-9-14-21-19(15-16)12-5-4-6-13-19/h16-17,20H,3-15H2,1-2H3. The second-order valence-electron chi connectivity index (χ2n) is 8.03. The SMILES string of the molecule is CCC1(C(NC)C2CCOC3(CCCCC3)C2)CCCC1. The molecular weight excluding hydrogens is 258 g/mol. The van der Waals surface area contributed by atoms with Crippen LogP contribution in [0, 0.1) is 11.3 Å². The Kier molecular flexibility index (Phi) is 4.95. The molecule has 2 unspecified atom stereocenters. The normalized spacial score (nSPS) is 33.1. The third-order valence-electron chi connectivity index (χ3n) is 7.04. The molecule has 3 rings (SSSR count). The van der Waals surface area contributed by atoms with Crippen molar-refractivity contribution in [1.82, 2.24) is 5.32 Å². The monoisotopic (exact) mass is 293 g/mol. The van der Waals surface area contributed by atoms with Gasteiger partial charge in [0.25, 0.3) is 0 Å². The molecule has 2 saturated carbocycles. The molecule has 122 valence electrons. The van der Waals surface area contributed by atoms with Crippen molar-refractivity contribution < 1.29 is 4.74 Å². The topological polar surface area (TPSA) is 21.3 Å². The average molecular weight is 293 g/mol. The van der Waals surface area contributed by atoms with E-state index in [2.05, 4.69) is 19.3 Å². The molecule has 0 amide bonds. The molecule has 1 spiro atoms. The molecule has 0 aromatic carbocycles. The van der Waals surface area contributed by atoms with Crippen molar-refractivity contribution in [2.75, 3.05) is 13.7 Å². The number of hydrogen-bond acceptors (Lipinski definition) is 2. The van der Waals surface area contributed by atoms with E-state index in [9.17, 15) is 0 Å². The van der Waals surface area contributed by atoms with Gasteiger partial charge in [0, 0.05) is 12.6 Å². The predicted octanol–water partition coefficient (Wildman–Crippen LogP) is 4.67. The van der Waals surface area contributed by atoms with E-state index in [4.69, 9.17) is 4.74 Å². The molecular formula is C19H35NO. The third-order valence-corrected chi connectivity index (χ3v) is 7.04. The maximum Gasteiger partial charge on any atom is 0.0685 e. The first kappa shape index (κ1) is 15.8. The maximum absolute atomic E-state index is 6.33. The summed E-state index contributed by atoms with van der Waals surface area (Å²) in [7, 11) is 2.21. The minimum Gasteiger partial charge on any atom is -0.375 e. The molecule has 2 atom stereocenters. The van der Waals surface area contributed by atoms with E-state index in [-0.39, 0.29) is 5.60 Å². The molecule has 2 aliphatic carbocycles. The van der Waals surface area contributed by atoms with E-state index in [0.29, 0.717) is 11.5 Å². The van der Waals surface area contributed by atoms with Gasteiger partial charge in [-0.1, -0.05) is 39.0 Å². The Morgan fingerprint density at radius 1 is 1.05 bits per heavy atom. The molecule has 3 aliphatic rings. The highest BCUT2D eigenvalue weighted by molar-refractivity contribution is 5.00. The zero-order valence-corrected chi connectivity index (χ0v) is 14.3. The summed E-state index contributed by atoms with van der Waals surface area (Å²) < 4.78 is 6.33. The summed E-state index contributed by atoms with van der Waals surface area (Å²) in [6, 6.07) is 0.715. The molecule has 0 aromatic heterocycles. The van der Waals surface area contributed by atoms with Crippen LogP contribution in [0.3, 0.4) is 0 Å². The minimum atomic E-state index is 0.254. The van der Waals surface area contributed by atoms with E-state index < -0.39 is 0 Å². The van der Waals surface area contributed by atoms with E-state index in [0.717, 1.165) is 12.5 Å². The molecule has 3 fully saturated rings. The van der Waals surface area contributed by atoms with E-state index >= 15 is 0 Å². The molecule has 1 heterocycles. The zero-order valence-electron chi connectivity index (χ0n) is 14.3. The summed E-state index contributed by atoms with van der Waals surface area (Å²) in [5.74, 6) is 0.833. The van der Waals surface area contributed by atoms with Gasteiger partial charge < -0.3 is 10.1 Å². The van der Waals surface area contributed by atoms with Crippen LogP contribution in [0.2, 0.25) is 0 Å². The molecule has 21 heavy (non-hydrogen) atoms. The fourth-order valence-electron chi connectivity index (χ4n) is 5.90. The first-order chi connectivity index (χ1) is 10.2. The second-order valence-corrected chi connectivity index (χ2v) is 8.03. The van der Waals surface area contributed by atoms with E-state index in [1.165, 1.54) is 77.0 Å². The average Bonchev–Trinajstić information content (AvgIpc) is 2.99. The van der Waals surface area contributed by atoms with Crippen molar-refractivity contribution in [2.45, 2.75) is 95.6 Å². The van der Waals surface area contributed by atoms with Crippen molar-refractivity contribution in [3.63, 3.8) is 0 Å². The lowest BCUT2D eigenvalue weighted by Gasteiger charge is -2.49. The first-order valence-electron chi connectivity index (χ1n) is 9.55. The summed E-state index contributed by atoms with van der Waals surface area (Å²) in [6.07, 6.45) is 16.5. The van der Waals surface area contributed by atoms with E-state index in [1.807, 2.05) is 0 Å². The highest BCUT2D eigenvalue weighted by Gasteiger charge is 2.47. The summed E-state index contributed by atoms with van der Waals surface area (Å²) in [6.45, 7) is 3.42. The van der Waals surface area contributed by atoms with Gasteiger partial charge in [0.2, 0.25) is 0 Å². The van der Waals surface area contributed by atoms with Gasteiger partial charge in [-0.05, 0) is 63.3 Å². The Morgan fingerprint density at radius 2 is 1.71 bits per heavy atom. The van der Waals surface area contributed by atoms with Gasteiger partial charge in [0.15, 0.2) is 0 Å². The molecule has 1 saturated heterocycles. The molecule has 1 N–H and O–H groups in total. The van der Waals surface area contributed by atoms with Crippen LogP contribution in [0.4, 0.5) is 0 Å². The fraction of sp³-hybridized carbons (Fsp3) is 1.00. The van der Waals surface area contributed by atoms with Crippen LogP contribution in [0.5, 0.6) is 0 Å². The summed E-state index contributed by atoms with van der Waals surface area (Å²) in [5.41, 5.74) is 0.830. The largest absolute Gasteiger partial charge is 0.375 e. The molecule has 0 bridgehead atoms. The van der Waals surface area contributed by atoms with Crippen LogP contribution < -0.4 is 5.32 Å². The minimum absolute atomic E-state index is 0.254. The highest BCUT2D eigenvalue weighted by atomic mass is 16.5. The summed E-state index contributed by atoms with van der Waals surface area (Å²) in [4.78, 5) is 0. The Bertz CT molecular complexity index is 323. The Morgan fingerprint density at radius 3 is 2.33 bits per heavy atom. The van der Waals surface area contributed by atoms with Crippen molar-refractivity contribution in [1.29, 1.82) is 0 Å². The fourth-order valence-corrected chi connectivity index (χ4v) is 5.90. The van der Waals surface area contributed by atoms with Gasteiger partial charge in [-0.15, -0.1) is 0 Å². The molecule has 1 aliphatic heterocycles. The van der Waals surface area contributed by atoms with Gasteiger partial charge in [0.05, 0.1) is 5.60 Å². The number of nitrogens with one attached hydrogen (secondary N) is 1. The smallest absolute Gasteiger partial charge is 0.0685 e. The van der Waals surface area contributed by atoms with Crippen LogP contribution in [0.25, 0.3) is 0 Å². The molecule has 2 heteroatoms. The lowest BCUT2D eigenvalue weighted by atomic mass is 9.65. The second kappa shape index (κ2) is 6.58. The summed E-state index contributed by atoms with van der Waals surface area (Å²) >= 11 is 0. The zero-order chi connectivity index (χ0) is 14.8. The Labute approximate surface area is 131 Å². The lowest BCUT2D eigenvalue weighted by molar-refractivity contribution is -0.128. The third kappa shape index (κ3) is 3.03. The van der Waals surface area contributed by atoms with Crippen molar-refractivity contribution >= 4 is 0 Å². The van der Waals surface area contributed by atoms with Crippen LogP contribution in [-0.2, 0) is 4.74 Å². The van der Waals surface area contributed by atoms with Crippen LogP contribution in [0.1, 0.15) is 84.0 Å². The quantitative estimate of drug-likeness (QED) is 0.813. The predicted molar refractivity (Wildman–Crippen MR) is 88.5 cm³/mol. The van der Waals surface area contributed by atoms with Crippen LogP contribution in [0.15, 0.2) is 0 Å². The van der Waals surface area contributed by atoms with Crippen molar-refractivity contribution in [3.8, 4) is 0 Å². The number of hydrogen-bond donors (Lipinski definition) is 1. The Hall–Kier alpha value is -0.0800. The van der Waals surface area contributed by atoms with Gasteiger partial charge >= 0.3 is 0 Å². The molecule has 0 aromatic rings. The number of ether oxygens (including phenoxy) is 1. The van der Waals surface area contributed by atoms with Gasteiger partial charge in [0.1, 0.15) is 0 Å². The summed E-state index contributed by atoms with van der Waals surface area (Å²) in [5, 5.41) is 3.77. The molecule has 2 nitrogen and oxygen atoms in total. The van der Waals surface area contributed by atoms with Crippen molar-refractivity contribution in [3.05, 3.63) is 0 Å². The number of rotatable bonds is 4. The maximum atomic E-state index is 6.33. The van der Waals surface area contributed by atoms with Gasteiger partial charge in [-0.3, -0.25) is 0 Å².